The van der Waals surface area contributed by atoms with Crippen molar-refractivity contribution in [2.75, 3.05) is 25.2 Å². The SMILES string of the molecule is CCn1c(SCC(=O)Nc2nc(C)c(C(=O)N(C)C)s2)nnc1-c1ccc(Cl)cc1. The second-order valence-electron chi connectivity index (χ2n) is 6.53. The number of halogens is 1. The Bertz CT molecular complexity index is 1060. The largest absolute Gasteiger partial charge is 0.344 e. The number of benzene rings is 1. The molecule has 0 aliphatic rings. The number of nitrogens with one attached hydrogen (secondary N) is 1. The Morgan fingerprint density at radius 2 is 1.93 bits per heavy atom. The van der Waals surface area contributed by atoms with Crippen LogP contribution in [0, 0.1) is 6.92 Å². The summed E-state index contributed by atoms with van der Waals surface area (Å²) in [7, 11) is 3.36. The van der Waals surface area contributed by atoms with Gasteiger partial charge in [-0.2, -0.15) is 0 Å². The summed E-state index contributed by atoms with van der Waals surface area (Å²) in [6.45, 7) is 4.41. The van der Waals surface area contributed by atoms with Crippen molar-refractivity contribution in [2.45, 2.75) is 25.5 Å². The monoisotopic (exact) mass is 464 g/mol. The normalized spacial score (nSPS) is 10.8. The minimum absolute atomic E-state index is 0.134. The van der Waals surface area contributed by atoms with Crippen molar-refractivity contribution in [3.8, 4) is 11.4 Å². The maximum atomic E-state index is 12.4. The van der Waals surface area contributed by atoms with Crippen molar-refractivity contribution < 1.29 is 9.59 Å². The molecule has 0 bridgehead atoms. The molecule has 0 aliphatic heterocycles. The van der Waals surface area contributed by atoms with E-state index in [0.29, 0.717) is 32.4 Å². The van der Waals surface area contributed by atoms with Gasteiger partial charge in [-0.05, 0) is 38.1 Å². The lowest BCUT2D eigenvalue weighted by Gasteiger charge is -2.08. The lowest BCUT2D eigenvalue weighted by molar-refractivity contribution is -0.113. The van der Waals surface area contributed by atoms with E-state index in [-0.39, 0.29) is 17.6 Å². The molecule has 0 saturated carbocycles. The van der Waals surface area contributed by atoms with Crippen LogP contribution in [0.2, 0.25) is 5.02 Å². The fraction of sp³-hybridized carbons (Fsp3) is 0.316. The van der Waals surface area contributed by atoms with E-state index in [1.54, 1.807) is 33.2 Å². The number of hydrogen-bond acceptors (Lipinski definition) is 7. The molecule has 1 N–H and O–H groups in total. The van der Waals surface area contributed by atoms with E-state index in [9.17, 15) is 9.59 Å². The standard InChI is InChI=1S/C19H21ClN6O2S2/c1-5-26-16(12-6-8-13(20)9-7-12)23-24-19(26)29-10-14(27)22-18-21-11(2)15(30-18)17(28)25(3)4/h6-9H,5,10H2,1-4H3,(H,21,22,27). The summed E-state index contributed by atoms with van der Waals surface area (Å²) in [6, 6.07) is 7.38. The van der Waals surface area contributed by atoms with Gasteiger partial charge in [-0.15, -0.1) is 10.2 Å². The fourth-order valence-corrected chi connectivity index (χ4v) is 4.56. The molecule has 3 aromatic rings. The Hall–Kier alpha value is -2.43. The van der Waals surface area contributed by atoms with Crippen molar-refractivity contribution in [2.24, 2.45) is 0 Å². The summed E-state index contributed by atoms with van der Waals surface area (Å²) in [6.07, 6.45) is 0. The molecule has 1 aromatic carbocycles. The summed E-state index contributed by atoms with van der Waals surface area (Å²) < 4.78 is 1.95. The van der Waals surface area contributed by atoms with Crippen LogP contribution in [0.4, 0.5) is 5.13 Å². The van der Waals surface area contributed by atoms with Gasteiger partial charge in [0.05, 0.1) is 11.4 Å². The third-order valence-electron chi connectivity index (χ3n) is 4.11. The summed E-state index contributed by atoms with van der Waals surface area (Å²) in [5.74, 6) is 0.510. The number of carbonyl (C=O) groups excluding carboxylic acids is 2. The van der Waals surface area contributed by atoms with Crippen LogP contribution in [0.3, 0.4) is 0 Å². The zero-order chi connectivity index (χ0) is 21.8. The number of thiazole rings is 1. The number of amides is 2. The summed E-state index contributed by atoms with van der Waals surface area (Å²) >= 11 is 8.42. The molecule has 0 aliphatic carbocycles. The molecule has 8 nitrogen and oxygen atoms in total. The Morgan fingerprint density at radius 1 is 1.23 bits per heavy atom. The third kappa shape index (κ3) is 5.00. The minimum atomic E-state index is -0.226. The van der Waals surface area contributed by atoms with Crippen LogP contribution in [-0.2, 0) is 11.3 Å². The number of rotatable bonds is 7. The molecule has 2 amide bonds. The Labute approximate surface area is 187 Å². The molecule has 2 aromatic heterocycles. The molecular formula is C19H21ClN6O2S2. The minimum Gasteiger partial charge on any atom is -0.344 e. The number of aromatic nitrogens is 4. The molecule has 0 spiro atoms. The molecule has 0 unspecified atom stereocenters. The maximum absolute atomic E-state index is 12.4. The van der Waals surface area contributed by atoms with E-state index in [2.05, 4.69) is 20.5 Å². The number of aryl methyl sites for hydroxylation is 1. The third-order valence-corrected chi connectivity index (χ3v) is 6.39. The molecule has 2 heterocycles. The Kier molecular flexibility index (Phi) is 7.11. The van der Waals surface area contributed by atoms with E-state index >= 15 is 0 Å². The van der Waals surface area contributed by atoms with Crippen LogP contribution in [0.5, 0.6) is 0 Å². The van der Waals surface area contributed by atoms with Crippen molar-refractivity contribution in [1.82, 2.24) is 24.6 Å². The highest BCUT2D eigenvalue weighted by Gasteiger charge is 2.19. The van der Waals surface area contributed by atoms with Gasteiger partial charge in [-0.25, -0.2) is 4.98 Å². The van der Waals surface area contributed by atoms with Gasteiger partial charge >= 0.3 is 0 Å². The predicted molar refractivity (Wildman–Crippen MR) is 120 cm³/mol. The van der Waals surface area contributed by atoms with Crippen molar-refractivity contribution in [3.63, 3.8) is 0 Å². The molecule has 3 rings (SSSR count). The van der Waals surface area contributed by atoms with Gasteiger partial charge in [-0.3, -0.25) is 9.59 Å². The van der Waals surface area contributed by atoms with Crippen molar-refractivity contribution in [3.05, 3.63) is 39.9 Å². The van der Waals surface area contributed by atoms with Gasteiger partial charge in [0, 0.05) is 31.2 Å². The smallest absolute Gasteiger partial charge is 0.265 e. The van der Waals surface area contributed by atoms with Crippen molar-refractivity contribution in [1.29, 1.82) is 0 Å². The van der Waals surface area contributed by atoms with Crippen LogP contribution < -0.4 is 5.32 Å². The van der Waals surface area contributed by atoms with Gasteiger partial charge in [0.15, 0.2) is 16.1 Å². The first kappa shape index (κ1) is 22.3. The number of anilines is 1. The first-order valence-electron chi connectivity index (χ1n) is 9.11. The van der Waals surface area contributed by atoms with Crippen LogP contribution in [-0.4, -0.2) is 56.3 Å². The van der Waals surface area contributed by atoms with Gasteiger partial charge < -0.3 is 14.8 Å². The topological polar surface area (TPSA) is 93.0 Å². The molecular weight excluding hydrogens is 444 g/mol. The first-order valence-corrected chi connectivity index (χ1v) is 11.3. The number of carbonyl (C=O) groups is 2. The fourth-order valence-electron chi connectivity index (χ4n) is 2.63. The molecule has 0 fully saturated rings. The summed E-state index contributed by atoms with van der Waals surface area (Å²) in [4.78, 5) is 30.8. The lowest BCUT2D eigenvalue weighted by atomic mass is 10.2. The van der Waals surface area contributed by atoms with Gasteiger partial charge in [-0.1, -0.05) is 34.7 Å². The van der Waals surface area contributed by atoms with E-state index in [0.717, 1.165) is 11.4 Å². The zero-order valence-electron chi connectivity index (χ0n) is 17.0. The highest BCUT2D eigenvalue weighted by Crippen LogP contribution is 2.26. The lowest BCUT2D eigenvalue weighted by Crippen LogP contribution is -2.21. The number of hydrogen-bond donors (Lipinski definition) is 1. The second-order valence-corrected chi connectivity index (χ2v) is 8.91. The zero-order valence-corrected chi connectivity index (χ0v) is 19.4. The second kappa shape index (κ2) is 9.59. The molecule has 0 saturated heterocycles. The summed E-state index contributed by atoms with van der Waals surface area (Å²) in [5.41, 5.74) is 1.50. The molecule has 30 heavy (non-hydrogen) atoms. The number of thioether (sulfide) groups is 1. The van der Waals surface area contributed by atoms with Gasteiger partial charge in [0.2, 0.25) is 5.91 Å². The van der Waals surface area contributed by atoms with Crippen LogP contribution in [0.15, 0.2) is 29.4 Å². The van der Waals surface area contributed by atoms with E-state index in [1.807, 2.05) is 23.6 Å². The highest BCUT2D eigenvalue weighted by molar-refractivity contribution is 7.99. The molecule has 0 radical (unpaired) electrons. The van der Waals surface area contributed by atoms with Crippen LogP contribution >= 0.6 is 34.7 Å². The van der Waals surface area contributed by atoms with E-state index in [4.69, 9.17) is 11.6 Å². The molecule has 11 heteroatoms. The average molecular weight is 465 g/mol. The van der Waals surface area contributed by atoms with Crippen LogP contribution in [0.25, 0.3) is 11.4 Å². The average Bonchev–Trinajstić information content (AvgIpc) is 3.29. The maximum Gasteiger partial charge on any atom is 0.265 e. The Morgan fingerprint density at radius 3 is 2.57 bits per heavy atom. The summed E-state index contributed by atoms with van der Waals surface area (Å²) in [5, 5.41) is 13.0. The molecule has 0 atom stereocenters. The van der Waals surface area contributed by atoms with E-state index < -0.39 is 0 Å². The van der Waals surface area contributed by atoms with Gasteiger partial charge in [0.1, 0.15) is 4.88 Å². The first-order chi connectivity index (χ1) is 14.3. The predicted octanol–water partition coefficient (Wildman–Crippen LogP) is 3.82. The molecule has 158 valence electrons. The number of nitrogens with zero attached hydrogens (tertiary/aromatic N) is 5. The van der Waals surface area contributed by atoms with Crippen LogP contribution in [0.1, 0.15) is 22.3 Å². The van der Waals surface area contributed by atoms with E-state index in [1.165, 1.54) is 28.0 Å². The highest BCUT2D eigenvalue weighted by atomic mass is 35.5. The van der Waals surface area contributed by atoms with Crippen molar-refractivity contribution >= 4 is 51.6 Å². The van der Waals surface area contributed by atoms with Gasteiger partial charge in [0.25, 0.3) is 5.91 Å². The quantitative estimate of drug-likeness (QED) is 0.534. The Balaban J connectivity index is 1.66.